The van der Waals surface area contributed by atoms with E-state index < -0.39 is 0 Å². The van der Waals surface area contributed by atoms with E-state index in [2.05, 4.69) is 50.3 Å². The van der Waals surface area contributed by atoms with Gasteiger partial charge >= 0.3 is 0 Å². The summed E-state index contributed by atoms with van der Waals surface area (Å²) in [4.78, 5) is 0. The number of hydrogen-bond donors (Lipinski definition) is 0. The molecule has 134 valence electrons. The molecule has 0 N–H and O–H groups in total. The van der Waals surface area contributed by atoms with Crippen LogP contribution >= 0.6 is 0 Å². The summed E-state index contributed by atoms with van der Waals surface area (Å²) in [5, 5.41) is 0. The molecule has 1 aliphatic rings. The molecule has 1 saturated heterocycles. The van der Waals surface area contributed by atoms with E-state index in [4.69, 9.17) is 9.47 Å². The van der Waals surface area contributed by atoms with Gasteiger partial charge in [-0.05, 0) is 43.9 Å². The van der Waals surface area contributed by atoms with E-state index in [1.54, 1.807) is 0 Å². The normalized spacial score (nSPS) is 19.8. The lowest BCUT2D eigenvalue weighted by atomic mass is 10.1. The van der Waals surface area contributed by atoms with Crippen molar-refractivity contribution in [2.24, 2.45) is 0 Å². The fraction of sp³-hybridized carbons (Fsp3) is 0.636. The highest BCUT2D eigenvalue weighted by molar-refractivity contribution is 5.28. The van der Waals surface area contributed by atoms with Crippen LogP contribution in [-0.4, -0.2) is 18.8 Å². The minimum absolute atomic E-state index is 0.0442. The van der Waals surface area contributed by atoms with Crippen molar-refractivity contribution >= 4 is 0 Å². The number of epoxide rings is 1. The van der Waals surface area contributed by atoms with Crippen molar-refractivity contribution in [1.82, 2.24) is 0 Å². The zero-order chi connectivity index (χ0) is 17.1. The highest BCUT2D eigenvalue weighted by Crippen LogP contribution is 2.27. The molecule has 1 fully saturated rings. The van der Waals surface area contributed by atoms with Gasteiger partial charge in [0.25, 0.3) is 0 Å². The van der Waals surface area contributed by atoms with Gasteiger partial charge < -0.3 is 9.47 Å². The van der Waals surface area contributed by atoms with Crippen LogP contribution in [0.25, 0.3) is 0 Å². The smallest absolute Gasteiger partial charge is 0.123 e. The maximum absolute atomic E-state index is 5.75. The summed E-state index contributed by atoms with van der Waals surface area (Å²) in [6.07, 6.45) is 16.5. The van der Waals surface area contributed by atoms with Crippen molar-refractivity contribution in [3.05, 3.63) is 42.0 Å². The molecule has 2 heteroatoms. The molecule has 2 rings (SSSR count). The number of hydrogen-bond acceptors (Lipinski definition) is 2. The minimum Gasteiger partial charge on any atom is -0.491 e. The van der Waals surface area contributed by atoms with Gasteiger partial charge in [-0.2, -0.15) is 0 Å². The van der Waals surface area contributed by atoms with Gasteiger partial charge in [0.1, 0.15) is 18.0 Å². The van der Waals surface area contributed by atoms with Gasteiger partial charge in [0.2, 0.25) is 0 Å². The van der Waals surface area contributed by atoms with Gasteiger partial charge in [0, 0.05) is 0 Å². The molecule has 2 nitrogen and oxygen atoms in total. The topological polar surface area (TPSA) is 21.8 Å². The molecule has 1 aliphatic heterocycles. The van der Waals surface area contributed by atoms with E-state index in [9.17, 15) is 0 Å². The van der Waals surface area contributed by atoms with Gasteiger partial charge in [-0.1, -0.05) is 69.7 Å². The Balaban J connectivity index is 1.52. The third-order valence-corrected chi connectivity index (χ3v) is 4.60. The fourth-order valence-electron chi connectivity index (χ4n) is 2.72. The largest absolute Gasteiger partial charge is 0.491 e. The third-order valence-electron chi connectivity index (χ3n) is 4.60. The Morgan fingerprint density at radius 2 is 1.67 bits per heavy atom. The van der Waals surface area contributed by atoms with Gasteiger partial charge in [-0.3, -0.25) is 0 Å². The zero-order valence-corrected chi connectivity index (χ0v) is 15.6. The standard InChI is InChI=1S/C22H34O2/c1-3-4-5-6-7-8-9-10-11-12-13-20-14-16-21(17-15-20)23-18-22(2)19-24-22/h11-12,14-17H,3-10,13,18-19H2,1-2H3/b12-11+. The van der Waals surface area contributed by atoms with Crippen LogP contribution in [0.2, 0.25) is 0 Å². The van der Waals surface area contributed by atoms with Crippen molar-refractivity contribution in [1.29, 1.82) is 0 Å². The quantitative estimate of drug-likeness (QED) is 0.248. The van der Waals surface area contributed by atoms with E-state index in [-0.39, 0.29) is 5.60 Å². The van der Waals surface area contributed by atoms with Crippen molar-refractivity contribution < 1.29 is 9.47 Å². The van der Waals surface area contributed by atoms with E-state index in [1.165, 1.54) is 56.9 Å². The van der Waals surface area contributed by atoms with Gasteiger partial charge in [-0.15, -0.1) is 0 Å². The third kappa shape index (κ3) is 8.01. The summed E-state index contributed by atoms with van der Waals surface area (Å²) in [6, 6.07) is 8.43. The van der Waals surface area contributed by atoms with E-state index >= 15 is 0 Å². The second-order valence-corrected chi connectivity index (χ2v) is 7.26. The molecule has 1 unspecified atom stereocenters. The van der Waals surface area contributed by atoms with E-state index in [0.29, 0.717) is 6.61 Å². The second-order valence-electron chi connectivity index (χ2n) is 7.26. The lowest BCUT2D eigenvalue weighted by Gasteiger charge is -2.09. The van der Waals surface area contributed by atoms with Gasteiger partial charge in [-0.25, -0.2) is 0 Å². The maximum atomic E-state index is 5.75. The SMILES string of the molecule is CCCCCCCCC/C=C/Cc1ccc(OCC2(C)CO2)cc1. The molecule has 0 amide bonds. The molecule has 0 aromatic heterocycles. The van der Waals surface area contributed by atoms with Crippen LogP contribution in [0.15, 0.2) is 36.4 Å². The molecule has 0 aliphatic carbocycles. The Morgan fingerprint density at radius 3 is 2.33 bits per heavy atom. The molecule has 0 saturated carbocycles. The Bertz CT molecular complexity index is 471. The summed E-state index contributed by atoms with van der Waals surface area (Å²) in [6.45, 7) is 5.81. The molecule has 1 heterocycles. The average Bonchev–Trinajstić information content (AvgIpc) is 3.34. The average molecular weight is 331 g/mol. The maximum Gasteiger partial charge on any atom is 0.123 e. The summed E-state index contributed by atoms with van der Waals surface area (Å²) in [5.41, 5.74) is 1.30. The molecule has 1 atom stereocenters. The molecular weight excluding hydrogens is 296 g/mol. The number of benzene rings is 1. The predicted molar refractivity (Wildman–Crippen MR) is 102 cm³/mol. The number of unbranched alkanes of at least 4 members (excludes halogenated alkanes) is 7. The Kier molecular flexibility index (Phi) is 8.38. The first-order chi connectivity index (χ1) is 11.7. The molecule has 0 bridgehead atoms. The van der Waals surface area contributed by atoms with Crippen molar-refractivity contribution in [3.8, 4) is 5.75 Å². The van der Waals surface area contributed by atoms with Crippen molar-refractivity contribution in [2.45, 2.75) is 77.2 Å². The lowest BCUT2D eigenvalue weighted by Crippen LogP contribution is -2.16. The van der Waals surface area contributed by atoms with Crippen LogP contribution in [-0.2, 0) is 11.2 Å². The van der Waals surface area contributed by atoms with Crippen LogP contribution in [0.5, 0.6) is 5.75 Å². The second kappa shape index (κ2) is 10.6. The Labute approximate surface area is 148 Å². The first-order valence-corrected chi connectivity index (χ1v) is 9.72. The first kappa shape index (κ1) is 19.1. The summed E-state index contributed by atoms with van der Waals surface area (Å²) >= 11 is 0. The highest BCUT2D eigenvalue weighted by atomic mass is 16.6. The number of rotatable bonds is 13. The Hall–Kier alpha value is -1.28. The first-order valence-electron chi connectivity index (χ1n) is 9.72. The van der Waals surface area contributed by atoms with Crippen LogP contribution in [0, 0.1) is 0 Å². The van der Waals surface area contributed by atoms with Crippen LogP contribution in [0.3, 0.4) is 0 Å². The summed E-state index contributed by atoms with van der Waals surface area (Å²) in [7, 11) is 0. The molecule has 0 radical (unpaired) electrons. The van der Waals surface area contributed by atoms with Gasteiger partial charge in [0.15, 0.2) is 0 Å². The fourth-order valence-corrected chi connectivity index (χ4v) is 2.72. The summed E-state index contributed by atoms with van der Waals surface area (Å²) in [5.74, 6) is 0.933. The van der Waals surface area contributed by atoms with Crippen LogP contribution in [0.4, 0.5) is 0 Å². The summed E-state index contributed by atoms with van der Waals surface area (Å²) < 4.78 is 11.1. The van der Waals surface area contributed by atoms with Crippen LogP contribution in [0.1, 0.15) is 70.8 Å². The molecule has 1 aromatic rings. The predicted octanol–water partition coefficient (Wildman–Crippen LogP) is 6.09. The van der Waals surface area contributed by atoms with Crippen LogP contribution < -0.4 is 4.74 Å². The van der Waals surface area contributed by atoms with E-state index in [1.807, 2.05) is 0 Å². The number of allylic oxidation sites excluding steroid dienone is 2. The Morgan fingerprint density at radius 1 is 1.00 bits per heavy atom. The molecule has 24 heavy (non-hydrogen) atoms. The van der Waals surface area contributed by atoms with Crippen molar-refractivity contribution in [3.63, 3.8) is 0 Å². The monoisotopic (exact) mass is 330 g/mol. The molecule has 0 spiro atoms. The van der Waals surface area contributed by atoms with E-state index in [0.717, 1.165) is 18.8 Å². The number of ether oxygens (including phenoxy) is 2. The minimum atomic E-state index is -0.0442. The zero-order valence-electron chi connectivity index (χ0n) is 15.6. The molecule has 1 aromatic carbocycles. The molecular formula is C22H34O2. The van der Waals surface area contributed by atoms with Gasteiger partial charge in [0.05, 0.1) is 6.61 Å². The lowest BCUT2D eigenvalue weighted by molar-refractivity contribution is 0.202. The van der Waals surface area contributed by atoms with Crippen molar-refractivity contribution in [2.75, 3.05) is 13.2 Å². The highest BCUT2D eigenvalue weighted by Gasteiger charge is 2.40.